The normalized spacial score (nSPS) is 13.7. The van der Waals surface area contributed by atoms with Crippen LogP contribution < -0.4 is 20.1 Å². The molecular formula is C22H32N2O2. The molecule has 1 unspecified atom stereocenters. The van der Waals surface area contributed by atoms with E-state index in [1.54, 1.807) is 14.2 Å². The molecule has 0 amide bonds. The van der Waals surface area contributed by atoms with Gasteiger partial charge in [0.15, 0.2) is 0 Å². The lowest BCUT2D eigenvalue weighted by atomic mass is 9.92. The van der Waals surface area contributed by atoms with E-state index in [1.165, 1.54) is 11.1 Å². The third-order valence-corrected chi connectivity index (χ3v) is 4.31. The van der Waals surface area contributed by atoms with Gasteiger partial charge in [-0.05, 0) is 35.4 Å². The standard InChI is InChI=1S/C22H32N2O2/c1-15(2)23-21(17-7-11-19(25-5)12-8-17)22(24-16(3)4)18-9-13-20(26-6)14-10-18/h7-16,21-24H,1-6H3/t21-,22?/m0/s1. The number of benzene rings is 2. The van der Waals surface area contributed by atoms with Crippen molar-refractivity contribution in [2.75, 3.05) is 14.2 Å². The van der Waals surface area contributed by atoms with Gasteiger partial charge < -0.3 is 20.1 Å². The monoisotopic (exact) mass is 356 g/mol. The van der Waals surface area contributed by atoms with Gasteiger partial charge in [-0.25, -0.2) is 0 Å². The second-order valence-electron chi connectivity index (χ2n) is 7.14. The summed E-state index contributed by atoms with van der Waals surface area (Å²) in [4.78, 5) is 0. The van der Waals surface area contributed by atoms with Gasteiger partial charge in [-0.15, -0.1) is 0 Å². The molecule has 4 heteroatoms. The van der Waals surface area contributed by atoms with Crippen molar-refractivity contribution in [2.45, 2.75) is 51.9 Å². The molecule has 0 heterocycles. The second kappa shape index (κ2) is 9.60. The molecule has 0 fully saturated rings. The zero-order chi connectivity index (χ0) is 19.1. The molecule has 2 atom stereocenters. The van der Waals surface area contributed by atoms with Crippen molar-refractivity contribution in [2.24, 2.45) is 0 Å². The number of methoxy groups -OCH3 is 2. The third kappa shape index (κ3) is 5.48. The van der Waals surface area contributed by atoms with Crippen molar-refractivity contribution in [1.29, 1.82) is 0 Å². The Morgan fingerprint density at radius 3 is 1.12 bits per heavy atom. The van der Waals surface area contributed by atoms with Crippen LogP contribution in [0.25, 0.3) is 0 Å². The lowest BCUT2D eigenvalue weighted by molar-refractivity contribution is 0.340. The third-order valence-electron chi connectivity index (χ3n) is 4.31. The maximum absolute atomic E-state index is 5.32. The van der Waals surface area contributed by atoms with Crippen LogP contribution in [0.4, 0.5) is 0 Å². The molecule has 2 rings (SSSR count). The Balaban J connectivity index is 2.41. The van der Waals surface area contributed by atoms with Gasteiger partial charge >= 0.3 is 0 Å². The van der Waals surface area contributed by atoms with E-state index in [0.717, 1.165) is 11.5 Å². The Hall–Kier alpha value is -2.04. The van der Waals surface area contributed by atoms with Gasteiger partial charge in [0.25, 0.3) is 0 Å². The average molecular weight is 357 g/mol. The van der Waals surface area contributed by atoms with E-state index in [-0.39, 0.29) is 12.1 Å². The lowest BCUT2D eigenvalue weighted by Gasteiger charge is -2.33. The van der Waals surface area contributed by atoms with Crippen molar-refractivity contribution in [3.05, 3.63) is 59.7 Å². The van der Waals surface area contributed by atoms with Crippen LogP contribution in [-0.4, -0.2) is 26.3 Å². The second-order valence-corrected chi connectivity index (χ2v) is 7.14. The summed E-state index contributed by atoms with van der Waals surface area (Å²) in [6.07, 6.45) is 0. The summed E-state index contributed by atoms with van der Waals surface area (Å²) >= 11 is 0. The van der Waals surface area contributed by atoms with Gasteiger partial charge in [0, 0.05) is 12.1 Å². The Kier molecular flexibility index (Phi) is 7.49. The summed E-state index contributed by atoms with van der Waals surface area (Å²) < 4.78 is 10.6. The topological polar surface area (TPSA) is 42.5 Å². The SMILES string of the molecule is COc1ccc(C(NC(C)C)[C@@H](NC(C)C)c2ccc(OC)cc2)cc1. The fraction of sp³-hybridized carbons (Fsp3) is 0.455. The number of nitrogens with one attached hydrogen (secondary N) is 2. The molecule has 26 heavy (non-hydrogen) atoms. The van der Waals surface area contributed by atoms with Gasteiger partial charge in [0.2, 0.25) is 0 Å². The maximum Gasteiger partial charge on any atom is 0.118 e. The van der Waals surface area contributed by atoms with Crippen molar-refractivity contribution in [1.82, 2.24) is 10.6 Å². The van der Waals surface area contributed by atoms with Gasteiger partial charge in [-0.1, -0.05) is 52.0 Å². The molecule has 0 aromatic heterocycles. The molecule has 0 radical (unpaired) electrons. The van der Waals surface area contributed by atoms with E-state index in [0.29, 0.717) is 12.1 Å². The van der Waals surface area contributed by atoms with Crippen LogP contribution in [-0.2, 0) is 0 Å². The van der Waals surface area contributed by atoms with Crippen molar-refractivity contribution in [3.63, 3.8) is 0 Å². The number of hydrogen-bond donors (Lipinski definition) is 2. The van der Waals surface area contributed by atoms with Crippen LogP contribution in [0.1, 0.15) is 50.9 Å². The molecule has 0 spiro atoms. The summed E-state index contributed by atoms with van der Waals surface area (Å²) in [5, 5.41) is 7.46. The fourth-order valence-electron chi connectivity index (χ4n) is 3.11. The molecule has 0 saturated heterocycles. The van der Waals surface area contributed by atoms with Crippen molar-refractivity contribution >= 4 is 0 Å². The quantitative estimate of drug-likeness (QED) is 0.695. The van der Waals surface area contributed by atoms with E-state index in [4.69, 9.17) is 9.47 Å². The summed E-state index contributed by atoms with van der Waals surface area (Å²) in [7, 11) is 3.39. The summed E-state index contributed by atoms with van der Waals surface area (Å²) in [5.41, 5.74) is 2.46. The predicted octanol–water partition coefficient (Wildman–Crippen LogP) is 4.48. The Morgan fingerprint density at radius 2 is 0.885 bits per heavy atom. The van der Waals surface area contributed by atoms with E-state index in [1.807, 2.05) is 24.3 Å². The summed E-state index contributed by atoms with van der Waals surface area (Å²) in [6, 6.07) is 17.6. The largest absolute Gasteiger partial charge is 0.497 e. The first-order valence-electron chi connectivity index (χ1n) is 9.24. The molecule has 142 valence electrons. The van der Waals surface area contributed by atoms with E-state index < -0.39 is 0 Å². The Labute approximate surface area is 157 Å². The van der Waals surface area contributed by atoms with Crippen LogP contribution in [0.5, 0.6) is 11.5 Å². The van der Waals surface area contributed by atoms with Crippen LogP contribution in [0, 0.1) is 0 Å². The summed E-state index contributed by atoms with van der Waals surface area (Å²) in [5.74, 6) is 1.74. The van der Waals surface area contributed by atoms with Crippen LogP contribution in [0.15, 0.2) is 48.5 Å². The maximum atomic E-state index is 5.32. The van der Waals surface area contributed by atoms with Crippen molar-refractivity contribution < 1.29 is 9.47 Å². The van der Waals surface area contributed by atoms with Crippen LogP contribution in [0.2, 0.25) is 0 Å². The average Bonchev–Trinajstić information content (AvgIpc) is 2.64. The minimum Gasteiger partial charge on any atom is -0.497 e. The van der Waals surface area contributed by atoms with E-state index in [9.17, 15) is 0 Å². The fourth-order valence-corrected chi connectivity index (χ4v) is 3.11. The molecule has 2 aromatic rings. The predicted molar refractivity (Wildman–Crippen MR) is 108 cm³/mol. The number of rotatable bonds is 9. The Bertz CT molecular complexity index is 591. The molecule has 2 N–H and O–H groups in total. The highest BCUT2D eigenvalue weighted by molar-refractivity contribution is 5.34. The molecule has 0 aliphatic rings. The highest BCUT2D eigenvalue weighted by Crippen LogP contribution is 2.32. The zero-order valence-electron chi connectivity index (χ0n) is 16.7. The van der Waals surface area contributed by atoms with Crippen molar-refractivity contribution in [3.8, 4) is 11.5 Å². The van der Waals surface area contributed by atoms with Crippen LogP contribution >= 0.6 is 0 Å². The minimum absolute atomic E-state index is 0.136. The minimum atomic E-state index is 0.136. The molecule has 0 saturated carbocycles. The molecule has 0 aliphatic carbocycles. The highest BCUT2D eigenvalue weighted by atomic mass is 16.5. The first kappa shape index (κ1) is 20.3. The van der Waals surface area contributed by atoms with Gasteiger partial charge in [-0.2, -0.15) is 0 Å². The highest BCUT2D eigenvalue weighted by Gasteiger charge is 2.26. The zero-order valence-corrected chi connectivity index (χ0v) is 16.7. The smallest absolute Gasteiger partial charge is 0.118 e. The number of ether oxygens (including phenoxy) is 2. The van der Waals surface area contributed by atoms with Gasteiger partial charge in [0.05, 0.1) is 26.3 Å². The molecular weight excluding hydrogens is 324 g/mol. The van der Waals surface area contributed by atoms with E-state index >= 15 is 0 Å². The van der Waals surface area contributed by atoms with Crippen LogP contribution in [0.3, 0.4) is 0 Å². The lowest BCUT2D eigenvalue weighted by Crippen LogP contribution is -2.40. The van der Waals surface area contributed by atoms with Gasteiger partial charge in [0.1, 0.15) is 11.5 Å². The first-order valence-corrected chi connectivity index (χ1v) is 9.24. The van der Waals surface area contributed by atoms with E-state index in [2.05, 4.69) is 62.6 Å². The molecule has 4 nitrogen and oxygen atoms in total. The molecule has 2 aromatic carbocycles. The Morgan fingerprint density at radius 1 is 0.577 bits per heavy atom. The molecule has 0 bridgehead atoms. The number of hydrogen-bond acceptors (Lipinski definition) is 4. The first-order chi connectivity index (χ1) is 12.4. The summed E-state index contributed by atoms with van der Waals surface area (Å²) in [6.45, 7) is 8.71. The molecule has 0 aliphatic heterocycles. The van der Waals surface area contributed by atoms with Gasteiger partial charge in [-0.3, -0.25) is 0 Å².